The van der Waals surface area contributed by atoms with Crippen molar-refractivity contribution >= 4 is 28.4 Å². The highest BCUT2D eigenvalue weighted by molar-refractivity contribution is 6.30. The summed E-state index contributed by atoms with van der Waals surface area (Å²) in [5, 5.41) is 4.13. The van der Waals surface area contributed by atoms with Crippen molar-refractivity contribution in [1.82, 2.24) is 15.2 Å². The van der Waals surface area contributed by atoms with E-state index in [0.29, 0.717) is 23.3 Å². The van der Waals surface area contributed by atoms with Crippen LogP contribution in [0.25, 0.3) is 10.9 Å². The van der Waals surface area contributed by atoms with Crippen molar-refractivity contribution in [3.8, 4) is 0 Å². The number of nitrogens with zero attached hydrogens (tertiary/aromatic N) is 2. The number of hydrogen-bond donors (Lipinski definition) is 1. The molecule has 1 heterocycles. The molecule has 2 rings (SSSR count). The average molecular weight is 320 g/mol. The topological polar surface area (TPSA) is 45.2 Å². The smallest absolute Gasteiger partial charge is 0.252 e. The summed E-state index contributed by atoms with van der Waals surface area (Å²) in [4.78, 5) is 19.0. The number of carbonyl (C=O) groups is 1. The second kappa shape index (κ2) is 7.56. The molecule has 0 saturated carbocycles. The molecule has 0 spiro atoms. The summed E-state index contributed by atoms with van der Waals surface area (Å²) in [5.41, 5.74) is 1.31. The van der Waals surface area contributed by atoms with Crippen molar-refractivity contribution in [2.75, 3.05) is 19.6 Å². The maximum Gasteiger partial charge on any atom is 0.252 e. The zero-order chi connectivity index (χ0) is 16.1. The minimum atomic E-state index is -0.111. The Morgan fingerprint density at radius 2 is 2.09 bits per heavy atom. The first-order valence-electron chi connectivity index (χ1n) is 7.60. The number of hydrogen-bond acceptors (Lipinski definition) is 3. The van der Waals surface area contributed by atoms with E-state index in [4.69, 9.17) is 11.6 Å². The molecule has 2 aromatic rings. The van der Waals surface area contributed by atoms with Gasteiger partial charge in [-0.15, -0.1) is 0 Å². The van der Waals surface area contributed by atoms with Crippen LogP contribution in [0, 0.1) is 0 Å². The van der Waals surface area contributed by atoms with Crippen LogP contribution < -0.4 is 5.32 Å². The van der Waals surface area contributed by atoms with E-state index in [1.54, 1.807) is 6.07 Å². The Morgan fingerprint density at radius 1 is 1.36 bits per heavy atom. The lowest BCUT2D eigenvalue weighted by atomic mass is 10.1. The number of amides is 1. The van der Waals surface area contributed by atoms with Gasteiger partial charge in [-0.05, 0) is 32.5 Å². The Morgan fingerprint density at radius 3 is 2.77 bits per heavy atom. The van der Waals surface area contributed by atoms with Crippen LogP contribution >= 0.6 is 11.6 Å². The predicted molar refractivity (Wildman–Crippen MR) is 91.5 cm³/mol. The molecule has 5 heteroatoms. The van der Waals surface area contributed by atoms with Gasteiger partial charge in [-0.2, -0.15) is 0 Å². The normalized spacial score (nSPS) is 11.4. The number of halogens is 1. The zero-order valence-electron chi connectivity index (χ0n) is 13.3. The molecule has 0 unspecified atom stereocenters. The van der Waals surface area contributed by atoms with E-state index in [1.807, 2.05) is 24.3 Å². The third-order valence-corrected chi connectivity index (χ3v) is 3.94. The van der Waals surface area contributed by atoms with Crippen molar-refractivity contribution in [2.24, 2.45) is 0 Å². The van der Waals surface area contributed by atoms with E-state index in [9.17, 15) is 4.79 Å². The SMILES string of the molecule is CCN(CCNC(=O)c1cc(Cl)nc2ccccc12)C(C)C. The molecular weight excluding hydrogens is 298 g/mol. The van der Waals surface area contributed by atoms with Crippen LogP contribution in [0.15, 0.2) is 30.3 Å². The maximum absolute atomic E-state index is 12.4. The van der Waals surface area contributed by atoms with Gasteiger partial charge in [0.1, 0.15) is 5.15 Å². The molecule has 0 atom stereocenters. The summed E-state index contributed by atoms with van der Waals surface area (Å²) >= 11 is 6.02. The molecule has 0 aliphatic heterocycles. The molecule has 1 amide bonds. The molecule has 4 nitrogen and oxygen atoms in total. The number of benzene rings is 1. The number of aromatic nitrogens is 1. The predicted octanol–water partition coefficient (Wildman–Crippen LogP) is 3.35. The molecule has 1 N–H and O–H groups in total. The second-order valence-corrected chi connectivity index (χ2v) is 5.88. The number of pyridine rings is 1. The number of rotatable bonds is 6. The van der Waals surface area contributed by atoms with Crippen LogP contribution in [0.5, 0.6) is 0 Å². The fourth-order valence-electron chi connectivity index (χ4n) is 2.52. The Kier molecular flexibility index (Phi) is 5.75. The Hall–Kier alpha value is -1.65. The first-order valence-corrected chi connectivity index (χ1v) is 7.98. The molecule has 0 aliphatic carbocycles. The van der Waals surface area contributed by atoms with Crippen LogP contribution in [-0.2, 0) is 0 Å². The summed E-state index contributed by atoms with van der Waals surface area (Å²) in [6.45, 7) is 8.84. The van der Waals surface area contributed by atoms with Gasteiger partial charge in [-0.25, -0.2) is 4.98 Å². The van der Waals surface area contributed by atoms with Crippen molar-refractivity contribution in [3.05, 3.63) is 41.0 Å². The number of likely N-dealkylation sites (N-methyl/N-ethyl adjacent to an activating group) is 1. The fourth-order valence-corrected chi connectivity index (χ4v) is 2.72. The fraction of sp³-hybridized carbons (Fsp3) is 0.412. The largest absolute Gasteiger partial charge is 0.351 e. The van der Waals surface area contributed by atoms with Gasteiger partial charge in [0.15, 0.2) is 0 Å². The molecule has 1 aromatic heterocycles. The third kappa shape index (κ3) is 3.96. The van der Waals surface area contributed by atoms with Gasteiger partial charge in [0.2, 0.25) is 0 Å². The standard InChI is InChI=1S/C17H22ClN3O/c1-4-21(12(2)3)10-9-19-17(22)14-11-16(18)20-15-8-6-5-7-13(14)15/h5-8,11-12H,4,9-10H2,1-3H3,(H,19,22). The summed E-state index contributed by atoms with van der Waals surface area (Å²) in [5.74, 6) is -0.111. The van der Waals surface area contributed by atoms with Crippen LogP contribution in [0.2, 0.25) is 5.15 Å². The molecular formula is C17H22ClN3O. The van der Waals surface area contributed by atoms with Crippen molar-refractivity contribution < 1.29 is 4.79 Å². The Labute approximate surface area is 136 Å². The van der Waals surface area contributed by atoms with E-state index in [2.05, 4.69) is 36.0 Å². The van der Waals surface area contributed by atoms with Crippen LogP contribution in [0.4, 0.5) is 0 Å². The van der Waals surface area contributed by atoms with Gasteiger partial charge >= 0.3 is 0 Å². The van der Waals surface area contributed by atoms with Crippen molar-refractivity contribution in [3.63, 3.8) is 0 Å². The number of para-hydroxylation sites is 1. The minimum absolute atomic E-state index is 0.111. The van der Waals surface area contributed by atoms with Gasteiger partial charge in [-0.3, -0.25) is 9.69 Å². The molecule has 0 saturated heterocycles. The number of nitrogens with one attached hydrogen (secondary N) is 1. The minimum Gasteiger partial charge on any atom is -0.351 e. The molecule has 22 heavy (non-hydrogen) atoms. The lowest BCUT2D eigenvalue weighted by molar-refractivity contribution is 0.0947. The summed E-state index contributed by atoms with van der Waals surface area (Å²) in [7, 11) is 0. The van der Waals surface area contributed by atoms with E-state index in [-0.39, 0.29) is 5.91 Å². The van der Waals surface area contributed by atoms with Gasteiger partial charge in [0, 0.05) is 24.5 Å². The average Bonchev–Trinajstić information content (AvgIpc) is 2.50. The highest BCUT2D eigenvalue weighted by Gasteiger charge is 2.13. The maximum atomic E-state index is 12.4. The molecule has 118 valence electrons. The quantitative estimate of drug-likeness (QED) is 0.830. The molecule has 0 aliphatic rings. The lowest BCUT2D eigenvalue weighted by Crippen LogP contribution is -2.38. The van der Waals surface area contributed by atoms with Crippen LogP contribution in [0.1, 0.15) is 31.1 Å². The Bertz CT molecular complexity index is 657. The van der Waals surface area contributed by atoms with Crippen molar-refractivity contribution in [2.45, 2.75) is 26.8 Å². The number of carbonyl (C=O) groups excluding carboxylic acids is 1. The van der Waals surface area contributed by atoms with Gasteiger partial charge in [0.05, 0.1) is 11.1 Å². The second-order valence-electron chi connectivity index (χ2n) is 5.49. The number of fused-ring (bicyclic) bond motifs is 1. The molecule has 0 fully saturated rings. The van der Waals surface area contributed by atoms with Crippen LogP contribution in [0.3, 0.4) is 0 Å². The molecule has 0 radical (unpaired) electrons. The molecule has 0 bridgehead atoms. The summed E-state index contributed by atoms with van der Waals surface area (Å²) < 4.78 is 0. The molecule has 1 aromatic carbocycles. The zero-order valence-corrected chi connectivity index (χ0v) is 14.0. The third-order valence-electron chi connectivity index (χ3n) is 3.75. The van der Waals surface area contributed by atoms with Gasteiger partial charge < -0.3 is 5.32 Å². The van der Waals surface area contributed by atoms with Crippen molar-refractivity contribution in [1.29, 1.82) is 0 Å². The van der Waals surface area contributed by atoms with Gasteiger partial charge in [-0.1, -0.05) is 36.7 Å². The van der Waals surface area contributed by atoms with Gasteiger partial charge in [0.25, 0.3) is 5.91 Å². The summed E-state index contributed by atoms with van der Waals surface area (Å²) in [6.07, 6.45) is 0. The first-order chi connectivity index (χ1) is 10.5. The van der Waals surface area contributed by atoms with E-state index in [0.717, 1.165) is 24.0 Å². The lowest BCUT2D eigenvalue weighted by Gasteiger charge is -2.24. The van der Waals surface area contributed by atoms with E-state index in [1.165, 1.54) is 0 Å². The first kappa shape index (κ1) is 16.7. The van der Waals surface area contributed by atoms with E-state index < -0.39 is 0 Å². The highest BCUT2D eigenvalue weighted by atomic mass is 35.5. The summed E-state index contributed by atoms with van der Waals surface area (Å²) in [6, 6.07) is 9.62. The van der Waals surface area contributed by atoms with Crippen LogP contribution in [-0.4, -0.2) is 41.5 Å². The monoisotopic (exact) mass is 319 g/mol. The van der Waals surface area contributed by atoms with E-state index >= 15 is 0 Å². The highest BCUT2D eigenvalue weighted by Crippen LogP contribution is 2.20. The Balaban J connectivity index is 2.10.